The maximum atomic E-state index is 12.7. The Bertz CT molecular complexity index is 447. The minimum Gasteiger partial charge on any atom is -0.344 e. The Kier molecular flexibility index (Phi) is 5.24. The van der Waals surface area contributed by atoms with Gasteiger partial charge in [-0.3, -0.25) is 4.79 Å². The van der Waals surface area contributed by atoms with Gasteiger partial charge in [0.1, 0.15) is 5.69 Å². The van der Waals surface area contributed by atoms with Gasteiger partial charge in [0, 0.05) is 31.9 Å². The third-order valence-corrected chi connectivity index (χ3v) is 4.26. The molecule has 1 aliphatic rings. The van der Waals surface area contributed by atoms with Gasteiger partial charge in [-0.2, -0.15) is 0 Å². The number of hydrogen-bond donors (Lipinski definition) is 1. The van der Waals surface area contributed by atoms with E-state index in [1.165, 1.54) is 12.8 Å². The van der Waals surface area contributed by atoms with Crippen molar-refractivity contribution in [1.29, 1.82) is 0 Å². The summed E-state index contributed by atoms with van der Waals surface area (Å²) in [7, 11) is 1.97. The zero-order chi connectivity index (χ0) is 14.5. The predicted molar refractivity (Wildman–Crippen MR) is 82.0 cm³/mol. The van der Waals surface area contributed by atoms with Crippen LogP contribution in [-0.4, -0.2) is 41.1 Å². The highest BCUT2D eigenvalue weighted by molar-refractivity contribution is 5.93. The topological polar surface area (TPSA) is 37.3 Å². The fraction of sp³-hybridized carbons (Fsp3) is 0.688. The number of aromatic nitrogens is 1. The van der Waals surface area contributed by atoms with E-state index in [-0.39, 0.29) is 5.91 Å². The number of carbonyl (C=O) groups excluding carboxylic acids is 1. The summed E-state index contributed by atoms with van der Waals surface area (Å²) in [6, 6.07) is 4.43. The summed E-state index contributed by atoms with van der Waals surface area (Å²) in [5.74, 6) is 0.169. The molecule has 4 nitrogen and oxygen atoms in total. The first-order chi connectivity index (χ1) is 9.63. The molecular formula is C16H27N3O. The zero-order valence-electron chi connectivity index (χ0n) is 13.0. The summed E-state index contributed by atoms with van der Waals surface area (Å²) >= 11 is 0. The highest BCUT2D eigenvalue weighted by Gasteiger charge is 2.23. The third-order valence-electron chi connectivity index (χ3n) is 4.26. The molecule has 0 bridgehead atoms. The van der Waals surface area contributed by atoms with E-state index in [0.29, 0.717) is 6.04 Å². The maximum Gasteiger partial charge on any atom is 0.270 e. The fourth-order valence-corrected chi connectivity index (χ4v) is 2.79. The van der Waals surface area contributed by atoms with Crippen LogP contribution in [0.5, 0.6) is 0 Å². The lowest BCUT2D eigenvalue weighted by atomic mass is 10.2. The van der Waals surface area contributed by atoms with E-state index in [1.807, 2.05) is 35.6 Å². The highest BCUT2D eigenvalue weighted by atomic mass is 16.2. The van der Waals surface area contributed by atoms with E-state index in [9.17, 15) is 4.79 Å². The van der Waals surface area contributed by atoms with Crippen LogP contribution in [0.3, 0.4) is 0 Å². The Balaban J connectivity index is 2.08. The number of rotatable bonds is 6. The van der Waals surface area contributed by atoms with Crippen molar-refractivity contribution in [2.45, 2.75) is 45.6 Å². The van der Waals surface area contributed by atoms with Crippen molar-refractivity contribution < 1.29 is 4.79 Å². The molecule has 0 spiro atoms. The van der Waals surface area contributed by atoms with E-state index in [2.05, 4.69) is 12.2 Å². The van der Waals surface area contributed by atoms with Gasteiger partial charge in [-0.25, -0.2) is 0 Å². The van der Waals surface area contributed by atoms with Gasteiger partial charge < -0.3 is 14.8 Å². The smallest absolute Gasteiger partial charge is 0.270 e. The Morgan fingerprint density at radius 3 is 2.85 bits per heavy atom. The molecule has 112 valence electrons. The van der Waals surface area contributed by atoms with Gasteiger partial charge in [0.25, 0.3) is 5.91 Å². The molecule has 1 unspecified atom stereocenters. The van der Waals surface area contributed by atoms with Gasteiger partial charge in [-0.05, 0) is 44.9 Å². The summed E-state index contributed by atoms with van der Waals surface area (Å²) in [6.45, 7) is 6.99. The van der Waals surface area contributed by atoms with E-state index >= 15 is 0 Å². The molecule has 1 amide bonds. The van der Waals surface area contributed by atoms with Gasteiger partial charge in [-0.1, -0.05) is 13.3 Å². The number of aryl methyl sites for hydroxylation is 1. The SMILES string of the molecule is CCCCN(CC1CCCN1)C(=O)c1ccc(C)n1C. The Labute approximate surface area is 122 Å². The van der Waals surface area contributed by atoms with Gasteiger partial charge in [0.2, 0.25) is 0 Å². The number of unbranched alkanes of at least 4 members (excludes halogenated alkanes) is 1. The lowest BCUT2D eigenvalue weighted by Gasteiger charge is -2.26. The Morgan fingerprint density at radius 1 is 1.50 bits per heavy atom. The molecule has 1 atom stereocenters. The Hall–Kier alpha value is -1.29. The minimum atomic E-state index is 0.169. The standard InChI is InChI=1S/C16H27N3O/c1-4-5-11-19(12-14-7-6-10-17-14)16(20)15-9-8-13(2)18(15)3/h8-9,14,17H,4-7,10-12H2,1-3H3. The van der Waals surface area contributed by atoms with Gasteiger partial charge in [0.15, 0.2) is 0 Å². The van der Waals surface area contributed by atoms with Gasteiger partial charge >= 0.3 is 0 Å². The van der Waals surface area contributed by atoms with Gasteiger partial charge in [-0.15, -0.1) is 0 Å². The first-order valence-corrected chi connectivity index (χ1v) is 7.78. The second-order valence-electron chi connectivity index (χ2n) is 5.82. The summed E-state index contributed by atoms with van der Waals surface area (Å²) in [4.78, 5) is 14.8. The molecule has 1 saturated heterocycles. The molecule has 0 aliphatic carbocycles. The molecule has 20 heavy (non-hydrogen) atoms. The van der Waals surface area contributed by atoms with E-state index in [1.54, 1.807) is 0 Å². The van der Waals surface area contributed by atoms with Crippen LogP contribution in [0.15, 0.2) is 12.1 Å². The molecule has 0 radical (unpaired) electrons. The molecule has 1 fully saturated rings. The molecule has 1 aliphatic heterocycles. The van der Waals surface area contributed by atoms with Crippen molar-refractivity contribution in [3.05, 3.63) is 23.5 Å². The van der Waals surface area contributed by atoms with Crippen LogP contribution in [0.4, 0.5) is 0 Å². The second kappa shape index (κ2) is 6.93. The number of nitrogens with one attached hydrogen (secondary N) is 1. The average Bonchev–Trinajstić information content (AvgIpc) is 3.06. The van der Waals surface area contributed by atoms with Crippen LogP contribution in [0.2, 0.25) is 0 Å². The predicted octanol–water partition coefficient (Wildman–Crippen LogP) is 2.33. The highest BCUT2D eigenvalue weighted by Crippen LogP contribution is 2.13. The number of nitrogens with zero attached hydrogens (tertiary/aromatic N) is 2. The molecule has 1 aromatic rings. The quantitative estimate of drug-likeness (QED) is 0.866. The van der Waals surface area contributed by atoms with Crippen molar-refractivity contribution in [1.82, 2.24) is 14.8 Å². The van der Waals surface area contributed by atoms with Crippen molar-refractivity contribution in [2.24, 2.45) is 7.05 Å². The van der Waals surface area contributed by atoms with Crippen molar-refractivity contribution in [2.75, 3.05) is 19.6 Å². The third kappa shape index (κ3) is 3.42. The van der Waals surface area contributed by atoms with Crippen molar-refractivity contribution in [3.8, 4) is 0 Å². The average molecular weight is 277 g/mol. The fourth-order valence-electron chi connectivity index (χ4n) is 2.79. The maximum absolute atomic E-state index is 12.7. The Morgan fingerprint density at radius 2 is 2.30 bits per heavy atom. The second-order valence-corrected chi connectivity index (χ2v) is 5.82. The molecule has 4 heteroatoms. The van der Waals surface area contributed by atoms with Crippen LogP contribution in [0.1, 0.15) is 48.8 Å². The van der Waals surface area contributed by atoms with E-state index in [4.69, 9.17) is 0 Å². The molecule has 1 aromatic heterocycles. The van der Waals surface area contributed by atoms with E-state index < -0.39 is 0 Å². The van der Waals surface area contributed by atoms with E-state index in [0.717, 1.165) is 43.9 Å². The molecule has 0 saturated carbocycles. The van der Waals surface area contributed by atoms with Crippen LogP contribution in [0, 0.1) is 6.92 Å². The summed E-state index contributed by atoms with van der Waals surface area (Å²) in [6.07, 6.45) is 4.60. The molecule has 0 aromatic carbocycles. The first kappa shape index (κ1) is 15.1. The lowest BCUT2D eigenvalue weighted by Crippen LogP contribution is -2.42. The molecule has 1 N–H and O–H groups in total. The van der Waals surface area contributed by atoms with Crippen LogP contribution >= 0.6 is 0 Å². The van der Waals surface area contributed by atoms with Crippen LogP contribution < -0.4 is 5.32 Å². The molecular weight excluding hydrogens is 250 g/mol. The summed E-state index contributed by atoms with van der Waals surface area (Å²) < 4.78 is 1.99. The van der Waals surface area contributed by atoms with Crippen LogP contribution in [-0.2, 0) is 7.05 Å². The minimum absolute atomic E-state index is 0.169. The monoisotopic (exact) mass is 277 g/mol. The number of hydrogen-bond acceptors (Lipinski definition) is 2. The van der Waals surface area contributed by atoms with Crippen molar-refractivity contribution >= 4 is 5.91 Å². The molecule has 2 heterocycles. The van der Waals surface area contributed by atoms with Crippen molar-refractivity contribution in [3.63, 3.8) is 0 Å². The first-order valence-electron chi connectivity index (χ1n) is 7.78. The normalized spacial score (nSPS) is 18.4. The number of carbonyl (C=O) groups is 1. The van der Waals surface area contributed by atoms with Crippen LogP contribution in [0.25, 0.3) is 0 Å². The number of amides is 1. The summed E-state index contributed by atoms with van der Waals surface area (Å²) in [5.41, 5.74) is 1.93. The largest absolute Gasteiger partial charge is 0.344 e. The summed E-state index contributed by atoms with van der Waals surface area (Å²) in [5, 5.41) is 3.49. The zero-order valence-corrected chi connectivity index (χ0v) is 13.0. The lowest BCUT2D eigenvalue weighted by molar-refractivity contribution is 0.0729. The molecule has 2 rings (SSSR count). The van der Waals surface area contributed by atoms with Gasteiger partial charge in [0.05, 0.1) is 0 Å².